The van der Waals surface area contributed by atoms with Crippen molar-refractivity contribution in [3.05, 3.63) is 180 Å². The molecule has 0 amide bonds. The fourth-order valence-electron chi connectivity index (χ4n) is 6.40. The summed E-state index contributed by atoms with van der Waals surface area (Å²) in [6, 6.07) is 39.0. The topological polar surface area (TPSA) is 130 Å². The number of benzene rings is 5. The molecule has 0 heterocycles. The summed E-state index contributed by atoms with van der Waals surface area (Å²) in [6.45, 7) is 6.28. The molecule has 9 nitrogen and oxygen atoms in total. The van der Waals surface area contributed by atoms with Gasteiger partial charge in [0.25, 0.3) is 10.1 Å². The van der Waals surface area contributed by atoms with Crippen LogP contribution in [0.3, 0.4) is 0 Å². The number of hydrogen-bond acceptors (Lipinski definition) is 7. The van der Waals surface area contributed by atoms with Crippen molar-refractivity contribution in [3.63, 3.8) is 0 Å². The minimum Gasteiger partial charge on any atom is -0.744 e. The molecule has 0 radical (unpaired) electrons. The second kappa shape index (κ2) is 18.4. The van der Waals surface area contributed by atoms with Gasteiger partial charge in [0.15, 0.2) is 12.3 Å². The first-order valence-electron chi connectivity index (χ1n) is 17.5. The molecular weight excluding hydrogens is 742 g/mol. The summed E-state index contributed by atoms with van der Waals surface area (Å²) in [7, 11) is -8.86. The van der Waals surface area contributed by atoms with Crippen molar-refractivity contribution in [1.82, 2.24) is 0 Å². The first-order chi connectivity index (χ1) is 25.9. The minimum atomic E-state index is -4.56. The summed E-state index contributed by atoms with van der Waals surface area (Å²) in [5, 5.41) is 3.45. The molecule has 2 N–H and O–H groups in total. The van der Waals surface area contributed by atoms with E-state index in [4.69, 9.17) is 0 Å². The number of nitrogens with zero attached hydrogens (tertiary/aromatic N) is 2. The van der Waals surface area contributed by atoms with Gasteiger partial charge in [-0.25, -0.2) is 13.0 Å². The Morgan fingerprint density at radius 2 is 1.25 bits per heavy atom. The van der Waals surface area contributed by atoms with E-state index < -0.39 is 20.2 Å². The molecule has 0 bridgehead atoms. The van der Waals surface area contributed by atoms with E-state index in [1.807, 2.05) is 68.4 Å². The van der Waals surface area contributed by atoms with Crippen LogP contribution in [0.15, 0.2) is 167 Å². The van der Waals surface area contributed by atoms with Gasteiger partial charge in [-0.1, -0.05) is 66.7 Å². The summed E-state index contributed by atoms with van der Waals surface area (Å²) in [5.41, 5.74) is 9.40. The van der Waals surface area contributed by atoms with E-state index >= 15 is 0 Å². The fraction of sp³-hybridized carbons (Fsp3) is 0.140. The van der Waals surface area contributed by atoms with Crippen LogP contribution < -0.4 is 39.8 Å². The zero-order chi connectivity index (χ0) is 38.3. The maximum absolute atomic E-state index is 11.7. The Kier molecular flexibility index (Phi) is 13.9. The number of nitrogens with one attached hydrogen (secondary N) is 1. The quantitative estimate of drug-likeness (QED) is 0.0947. The van der Waals surface area contributed by atoms with Crippen molar-refractivity contribution in [2.24, 2.45) is 0 Å². The first kappa shape index (κ1) is 41.6. The van der Waals surface area contributed by atoms with Gasteiger partial charge >= 0.3 is 29.6 Å². The number of allylic oxidation sites excluding steroid dienone is 5. The predicted molar refractivity (Wildman–Crippen MR) is 214 cm³/mol. The Balaban J connectivity index is 0.00000580. The molecule has 0 atom stereocenters. The Morgan fingerprint density at radius 3 is 1.84 bits per heavy atom. The van der Waals surface area contributed by atoms with E-state index in [1.54, 1.807) is 12.1 Å². The average Bonchev–Trinajstić information content (AvgIpc) is 3.17. The number of hydrogen-bond donors (Lipinski definition) is 2. The van der Waals surface area contributed by atoms with Crippen LogP contribution in [0, 0.1) is 0 Å². The maximum atomic E-state index is 11.7. The standard InChI is InChI=1S/C43H41N3O6S2.Na/c1-3-45(30-32-10-8-14-41(28-32)53(47,48)49)39-24-18-35(19-25-39)43(34-16-22-38(23-17-34)44-37-12-6-5-7-13-37)36-20-26-40(27-21-36)46(4-2)31-33-11-9-15-42(29-33)54(50,51)52;/h5-29H,3-4,30-31H2,1-2H3,(H2,47,48,49,50,51,52);/q;+1. The molecule has 0 aromatic heterocycles. The molecule has 55 heavy (non-hydrogen) atoms. The van der Waals surface area contributed by atoms with Crippen LogP contribution in [0.5, 0.6) is 0 Å². The molecule has 0 aliphatic heterocycles. The zero-order valence-corrected chi connectivity index (χ0v) is 34.6. The van der Waals surface area contributed by atoms with E-state index in [-0.39, 0.29) is 39.3 Å². The third-order valence-electron chi connectivity index (χ3n) is 9.17. The van der Waals surface area contributed by atoms with Gasteiger partial charge in [0.1, 0.15) is 16.7 Å². The molecule has 0 saturated heterocycles. The molecule has 1 aliphatic carbocycles. The Hall–Kier alpha value is -4.59. The number of para-hydroxylation sites is 1. The van der Waals surface area contributed by atoms with Gasteiger partial charge in [-0.05, 0) is 114 Å². The molecule has 5 aromatic rings. The van der Waals surface area contributed by atoms with Crippen molar-refractivity contribution in [2.75, 3.05) is 23.3 Å². The first-order valence-corrected chi connectivity index (χ1v) is 20.4. The Labute approximate surface area is 345 Å². The summed E-state index contributed by atoms with van der Waals surface area (Å²) in [6.07, 6.45) is 8.28. The van der Waals surface area contributed by atoms with Crippen molar-refractivity contribution in [1.29, 1.82) is 0 Å². The minimum absolute atomic E-state index is 0. The van der Waals surface area contributed by atoms with Gasteiger partial charge in [-0.15, -0.1) is 0 Å². The smallest absolute Gasteiger partial charge is 0.744 e. The van der Waals surface area contributed by atoms with Crippen molar-refractivity contribution in [3.8, 4) is 0 Å². The SMILES string of the molecule is CCN(Cc1cccc(S(=O)(=O)[O-])c1)c1ccc(C(=C2C=CC(=[N+](CC)Cc3cccc(S(=O)(=O)O)c3)C=C2)c2ccc(Nc3ccccc3)cc2)cc1.[Na+]. The zero-order valence-electron chi connectivity index (χ0n) is 31.0. The van der Waals surface area contributed by atoms with Crippen LogP contribution in [0.25, 0.3) is 5.57 Å². The summed E-state index contributed by atoms with van der Waals surface area (Å²) >= 11 is 0. The van der Waals surface area contributed by atoms with Crippen LogP contribution in [0.2, 0.25) is 0 Å². The van der Waals surface area contributed by atoms with E-state index in [1.165, 1.54) is 24.3 Å². The fourth-order valence-corrected chi connectivity index (χ4v) is 7.49. The molecule has 12 heteroatoms. The average molecular weight is 783 g/mol. The monoisotopic (exact) mass is 782 g/mol. The van der Waals surface area contributed by atoms with Crippen molar-refractivity contribution >= 4 is 48.6 Å². The molecule has 5 aromatic carbocycles. The molecule has 6 rings (SSSR count). The third-order valence-corrected chi connectivity index (χ3v) is 10.9. The molecule has 0 unspecified atom stereocenters. The van der Waals surface area contributed by atoms with Crippen molar-refractivity contribution in [2.45, 2.75) is 36.7 Å². The van der Waals surface area contributed by atoms with E-state index in [0.29, 0.717) is 26.2 Å². The third kappa shape index (κ3) is 10.8. The van der Waals surface area contributed by atoms with Gasteiger partial charge in [0.05, 0.1) is 9.79 Å². The van der Waals surface area contributed by atoms with Crippen LogP contribution in [0.4, 0.5) is 17.1 Å². The predicted octanol–water partition coefficient (Wildman–Crippen LogP) is 5.21. The maximum Gasteiger partial charge on any atom is 1.00 e. The molecule has 0 saturated carbocycles. The van der Waals surface area contributed by atoms with Gasteiger partial charge in [-0.3, -0.25) is 4.55 Å². The van der Waals surface area contributed by atoms with Gasteiger partial charge in [0.2, 0.25) is 0 Å². The Morgan fingerprint density at radius 1 is 0.691 bits per heavy atom. The van der Waals surface area contributed by atoms with Crippen LogP contribution >= 0.6 is 0 Å². The largest absolute Gasteiger partial charge is 1.00 e. The molecule has 0 fully saturated rings. The number of rotatable bonds is 13. The molecular formula is C43H41N3NaO6S2+. The second-order valence-electron chi connectivity index (χ2n) is 12.8. The summed E-state index contributed by atoms with van der Waals surface area (Å²) in [5.74, 6) is 0. The van der Waals surface area contributed by atoms with Crippen LogP contribution in [0.1, 0.15) is 36.1 Å². The van der Waals surface area contributed by atoms with E-state index in [2.05, 4.69) is 75.5 Å². The van der Waals surface area contributed by atoms with E-state index in [0.717, 1.165) is 56.2 Å². The molecule has 0 spiro atoms. The summed E-state index contributed by atoms with van der Waals surface area (Å²) in [4.78, 5) is 1.74. The number of anilines is 3. The van der Waals surface area contributed by atoms with Gasteiger partial charge in [-0.2, -0.15) is 8.42 Å². The van der Waals surface area contributed by atoms with Crippen LogP contribution in [-0.4, -0.2) is 49.3 Å². The summed E-state index contributed by atoms with van der Waals surface area (Å²) < 4.78 is 70.0. The van der Waals surface area contributed by atoms with Crippen LogP contribution in [-0.2, 0) is 33.3 Å². The Bertz CT molecular complexity index is 2460. The van der Waals surface area contributed by atoms with Crippen molar-refractivity contribution < 1.29 is 60.1 Å². The molecule has 1 aliphatic rings. The van der Waals surface area contributed by atoms with E-state index in [9.17, 15) is 25.9 Å². The molecule has 276 valence electrons. The van der Waals surface area contributed by atoms with Gasteiger partial charge < -0.3 is 14.8 Å². The van der Waals surface area contributed by atoms with Gasteiger partial charge in [0, 0.05) is 47.9 Å². The normalized spacial score (nSPS) is 12.6. The second-order valence-corrected chi connectivity index (χ2v) is 15.6.